The number of hydrogen-bond donors (Lipinski definition) is 2. The Kier molecular flexibility index (Phi) is 5.64. The first-order valence-electron chi connectivity index (χ1n) is 7.89. The van der Waals surface area contributed by atoms with E-state index >= 15 is 0 Å². The summed E-state index contributed by atoms with van der Waals surface area (Å²) in [5.74, 6) is 4.45. The van der Waals surface area contributed by atoms with Crippen LogP contribution in [0.5, 0.6) is 0 Å². The highest BCUT2D eigenvalue weighted by Crippen LogP contribution is 2.33. The molecular weight excluding hydrogens is 416 g/mol. The van der Waals surface area contributed by atoms with Crippen LogP contribution in [0.4, 0.5) is 13.2 Å². The Bertz CT molecular complexity index is 1080. The third kappa shape index (κ3) is 4.30. The van der Waals surface area contributed by atoms with Crippen molar-refractivity contribution in [2.24, 2.45) is 5.84 Å². The summed E-state index contributed by atoms with van der Waals surface area (Å²) in [7, 11) is 0. The molecular formula is C18H13Cl2F3N4O. The lowest BCUT2D eigenvalue weighted by atomic mass is 10.1. The molecule has 5 nitrogen and oxygen atoms in total. The number of halogens is 5. The van der Waals surface area contributed by atoms with E-state index in [9.17, 15) is 18.0 Å². The van der Waals surface area contributed by atoms with Crippen LogP contribution in [0.2, 0.25) is 10.0 Å². The SMILES string of the molecule is NNC(=O)/C=C/c1nn(Cc2ccc(Cl)cc2Cl)c2cc(C(F)(F)F)ccc12. The molecule has 146 valence electrons. The number of benzene rings is 2. The molecule has 10 heteroatoms. The fourth-order valence-corrected chi connectivity index (χ4v) is 3.10. The van der Waals surface area contributed by atoms with E-state index < -0.39 is 17.6 Å². The zero-order valence-corrected chi connectivity index (χ0v) is 15.6. The van der Waals surface area contributed by atoms with Crippen molar-refractivity contribution in [2.45, 2.75) is 12.7 Å². The lowest BCUT2D eigenvalue weighted by molar-refractivity contribution is -0.137. The molecule has 1 heterocycles. The van der Waals surface area contributed by atoms with Gasteiger partial charge in [0.2, 0.25) is 0 Å². The number of rotatable bonds is 4. The maximum Gasteiger partial charge on any atom is 0.416 e. The van der Waals surface area contributed by atoms with Crippen LogP contribution in [-0.2, 0) is 17.5 Å². The van der Waals surface area contributed by atoms with Crippen molar-refractivity contribution in [1.82, 2.24) is 15.2 Å². The average Bonchev–Trinajstić information content (AvgIpc) is 2.98. The number of nitrogens with zero attached hydrogens (tertiary/aromatic N) is 2. The van der Waals surface area contributed by atoms with Crippen molar-refractivity contribution in [3.63, 3.8) is 0 Å². The lowest BCUT2D eigenvalue weighted by Gasteiger charge is -2.09. The van der Waals surface area contributed by atoms with Crippen LogP contribution in [0.25, 0.3) is 17.0 Å². The largest absolute Gasteiger partial charge is 0.416 e. The molecule has 0 aliphatic heterocycles. The number of alkyl halides is 3. The smallest absolute Gasteiger partial charge is 0.291 e. The highest BCUT2D eigenvalue weighted by molar-refractivity contribution is 6.35. The van der Waals surface area contributed by atoms with Crippen molar-refractivity contribution in [1.29, 1.82) is 0 Å². The first kappa shape index (κ1) is 20.2. The van der Waals surface area contributed by atoms with Gasteiger partial charge in [-0.1, -0.05) is 29.3 Å². The summed E-state index contributed by atoms with van der Waals surface area (Å²) >= 11 is 12.1. The van der Waals surface area contributed by atoms with E-state index in [1.165, 1.54) is 22.9 Å². The average molecular weight is 429 g/mol. The quantitative estimate of drug-likeness (QED) is 0.279. The van der Waals surface area contributed by atoms with Crippen LogP contribution in [0.15, 0.2) is 42.5 Å². The fourth-order valence-electron chi connectivity index (χ4n) is 2.63. The van der Waals surface area contributed by atoms with Gasteiger partial charge in [-0.3, -0.25) is 14.9 Å². The van der Waals surface area contributed by atoms with Gasteiger partial charge in [-0.05, 0) is 42.0 Å². The van der Waals surface area contributed by atoms with Gasteiger partial charge in [-0.15, -0.1) is 0 Å². The Morgan fingerprint density at radius 1 is 1.21 bits per heavy atom. The molecule has 28 heavy (non-hydrogen) atoms. The second kappa shape index (κ2) is 7.83. The number of aromatic nitrogens is 2. The zero-order chi connectivity index (χ0) is 20.5. The van der Waals surface area contributed by atoms with Crippen LogP contribution >= 0.6 is 23.2 Å². The molecule has 2 aromatic carbocycles. The number of carbonyl (C=O) groups excluding carboxylic acids is 1. The van der Waals surface area contributed by atoms with Gasteiger partial charge in [0.1, 0.15) is 0 Å². The van der Waals surface area contributed by atoms with Crippen molar-refractivity contribution in [3.05, 3.63) is 69.3 Å². The zero-order valence-electron chi connectivity index (χ0n) is 14.1. The molecule has 0 bridgehead atoms. The predicted octanol–water partition coefficient (Wildman–Crippen LogP) is 4.41. The second-order valence-electron chi connectivity index (χ2n) is 5.85. The van der Waals surface area contributed by atoms with E-state index in [-0.39, 0.29) is 12.1 Å². The summed E-state index contributed by atoms with van der Waals surface area (Å²) < 4.78 is 40.8. The Morgan fingerprint density at radius 3 is 2.61 bits per heavy atom. The van der Waals surface area contributed by atoms with E-state index in [2.05, 4.69) is 5.10 Å². The van der Waals surface area contributed by atoms with Crippen LogP contribution in [0.1, 0.15) is 16.8 Å². The summed E-state index contributed by atoms with van der Waals surface area (Å²) in [6.45, 7) is 0.116. The Labute approximate surface area is 167 Å². The number of hydrogen-bond acceptors (Lipinski definition) is 3. The van der Waals surface area contributed by atoms with Gasteiger partial charge >= 0.3 is 6.18 Å². The van der Waals surface area contributed by atoms with Crippen LogP contribution in [0, 0.1) is 0 Å². The van der Waals surface area contributed by atoms with Gasteiger partial charge in [-0.25, -0.2) is 5.84 Å². The van der Waals surface area contributed by atoms with Gasteiger partial charge in [-0.2, -0.15) is 18.3 Å². The maximum absolute atomic E-state index is 13.1. The van der Waals surface area contributed by atoms with Crippen LogP contribution in [0.3, 0.4) is 0 Å². The summed E-state index contributed by atoms with van der Waals surface area (Å²) in [5, 5.41) is 5.57. The molecule has 3 rings (SSSR count). The standard InChI is InChI=1S/C18H13Cl2F3N4O/c19-12-3-1-10(14(20)8-12)9-27-16-7-11(18(21,22)23)2-4-13(16)15(26-27)5-6-17(28)25-24/h1-8H,9,24H2,(H,25,28)/b6-5+. The molecule has 0 saturated carbocycles. The Morgan fingerprint density at radius 2 is 1.96 bits per heavy atom. The first-order chi connectivity index (χ1) is 13.2. The Hall–Kier alpha value is -2.55. The molecule has 0 unspecified atom stereocenters. The second-order valence-corrected chi connectivity index (χ2v) is 6.69. The molecule has 3 aromatic rings. The minimum atomic E-state index is -4.50. The lowest BCUT2D eigenvalue weighted by Crippen LogP contribution is -2.27. The van der Waals surface area contributed by atoms with Crippen LogP contribution < -0.4 is 11.3 Å². The van der Waals surface area contributed by atoms with E-state index in [4.69, 9.17) is 29.0 Å². The third-order valence-corrected chi connectivity index (χ3v) is 4.56. The van der Waals surface area contributed by atoms with Crippen LogP contribution in [-0.4, -0.2) is 15.7 Å². The van der Waals surface area contributed by atoms with Crippen molar-refractivity contribution in [3.8, 4) is 0 Å². The monoisotopic (exact) mass is 428 g/mol. The van der Waals surface area contributed by atoms with Gasteiger partial charge < -0.3 is 0 Å². The summed E-state index contributed by atoms with van der Waals surface area (Å²) in [5.41, 5.74) is 2.31. The normalized spacial score (nSPS) is 12.1. The maximum atomic E-state index is 13.1. The molecule has 3 N–H and O–H groups in total. The molecule has 0 aliphatic carbocycles. The number of hydrazine groups is 1. The topological polar surface area (TPSA) is 72.9 Å². The third-order valence-electron chi connectivity index (χ3n) is 3.98. The van der Waals surface area contributed by atoms with E-state index in [0.717, 1.165) is 18.2 Å². The minimum absolute atomic E-state index is 0.116. The van der Waals surface area contributed by atoms with Gasteiger partial charge in [0.15, 0.2) is 0 Å². The van der Waals surface area contributed by atoms with Gasteiger partial charge in [0.25, 0.3) is 5.91 Å². The van der Waals surface area contributed by atoms with Crippen molar-refractivity contribution in [2.75, 3.05) is 0 Å². The number of carbonyl (C=O) groups is 1. The fraction of sp³-hybridized carbons (Fsp3) is 0.111. The Balaban J connectivity index is 2.13. The van der Waals surface area contributed by atoms with E-state index in [0.29, 0.717) is 26.7 Å². The number of fused-ring (bicyclic) bond motifs is 1. The molecule has 0 spiro atoms. The molecule has 0 radical (unpaired) electrons. The van der Waals surface area contributed by atoms with Crippen molar-refractivity contribution < 1.29 is 18.0 Å². The number of nitrogens with one attached hydrogen (secondary N) is 1. The molecule has 0 fully saturated rings. The van der Waals surface area contributed by atoms with Gasteiger partial charge in [0, 0.05) is 21.5 Å². The predicted molar refractivity (Wildman–Crippen MR) is 102 cm³/mol. The molecule has 0 saturated heterocycles. The molecule has 0 aliphatic rings. The molecule has 1 aromatic heterocycles. The minimum Gasteiger partial charge on any atom is -0.291 e. The van der Waals surface area contributed by atoms with Gasteiger partial charge in [0.05, 0.1) is 23.3 Å². The highest BCUT2D eigenvalue weighted by atomic mass is 35.5. The van der Waals surface area contributed by atoms with E-state index in [1.807, 2.05) is 5.43 Å². The molecule has 1 amide bonds. The summed E-state index contributed by atoms with van der Waals surface area (Å²) in [6.07, 6.45) is -1.99. The number of nitrogens with two attached hydrogens (primary N) is 1. The summed E-state index contributed by atoms with van der Waals surface area (Å²) in [4.78, 5) is 11.3. The molecule has 0 atom stereocenters. The van der Waals surface area contributed by atoms with Crippen molar-refractivity contribution >= 4 is 46.1 Å². The first-order valence-corrected chi connectivity index (χ1v) is 8.65. The van der Waals surface area contributed by atoms with E-state index in [1.54, 1.807) is 12.1 Å². The number of amides is 1. The highest BCUT2D eigenvalue weighted by Gasteiger charge is 2.31. The summed E-state index contributed by atoms with van der Waals surface area (Å²) in [6, 6.07) is 8.12.